The van der Waals surface area contributed by atoms with Gasteiger partial charge >= 0.3 is 7.12 Å². The molecule has 0 atom stereocenters. The summed E-state index contributed by atoms with van der Waals surface area (Å²) in [5.41, 5.74) is 0.215. The van der Waals surface area contributed by atoms with Crippen molar-refractivity contribution in [3.63, 3.8) is 0 Å². The van der Waals surface area contributed by atoms with E-state index in [1.54, 1.807) is 0 Å². The van der Waals surface area contributed by atoms with Crippen LogP contribution in [0.15, 0.2) is 12.2 Å². The maximum absolute atomic E-state index is 5.88. The van der Waals surface area contributed by atoms with E-state index in [0.29, 0.717) is 0 Å². The summed E-state index contributed by atoms with van der Waals surface area (Å²) in [6.07, 6.45) is 4.86. The number of hydrogen-bond donors (Lipinski definition) is 0. The fraction of sp³-hybridized carbons (Fsp3) is 0.692. The molecule has 1 aliphatic rings. The van der Waals surface area contributed by atoms with Crippen LogP contribution in [0.4, 0.5) is 0 Å². The first-order valence-electron chi connectivity index (χ1n) is 6.78. The molecule has 1 aromatic heterocycles. The van der Waals surface area contributed by atoms with Crippen molar-refractivity contribution in [3.8, 4) is 0 Å². The molecule has 0 saturated carbocycles. The first kappa shape index (κ1) is 14.3. The molecule has 104 valence electrons. The fourth-order valence-electron chi connectivity index (χ4n) is 1.87. The molecule has 0 spiro atoms. The highest BCUT2D eigenvalue weighted by molar-refractivity contribution is 6.52. The van der Waals surface area contributed by atoms with Crippen molar-refractivity contribution in [1.29, 1.82) is 0 Å². The second-order valence-electron chi connectivity index (χ2n) is 5.89. The van der Waals surface area contributed by atoms with Crippen LogP contribution in [0.5, 0.6) is 0 Å². The molecule has 0 radical (unpaired) electrons. The Kier molecular flexibility index (Phi) is 3.83. The normalized spacial score (nSPS) is 21.4. The van der Waals surface area contributed by atoms with Crippen molar-refractivity contribution in [2.45, 2.75) is 58.8 Å². The summed E-state index contributed by atoms with van der Waals surface area (Å²) in [6, 6.07) is 0. The highest BCUT2D eigenvalue weighted by Crippen LogP contribution is 2.36. The van der Waals surface area contributed by atoms with Crippen molar-refractivity contribution >= 4 is 13.2 Å². The molecule has 1 aliphatic heterocycles. The highest BCUT2D eigenvalue weighted by Gasteiger charge is 2.49. The lowest BCUT2D eigenvalue weighted by Crippen LogP contribution is -2.41. The first-order valence-corrected chi connectivity index (χ1v) is 6.78. The minimum atomic E-state index is -0.332. The molecule has 0 aromatic carbocycles. The van der Waals surface area contributed by atoms with Gasteiger partial charge in [0.2, 0.25) is 0 Å². The Morgan fingerprint density at radius 2 is 1.89 bits per heavy atom. The second-order valence-corrected chi connectivity index (χ2v) is 5.89. The zero-order chi connectivity index (χ0) is 14.1. The molecule has 0 N–H and O–H groups in total. The molecule has 19 heavy (non-hydrogen) atoms. The first-order chi connectivity index (χ1) is 8.84. The second kappa shape index (κ2) is 5.09. The van der Waals surface area contributed by atoms with Crippen LogP contribution in [-0.2, 0) is 15.9 Å². The maximum Gasteiger partial charge on any atom is 0.487 e. The van der Waals surface area contributed by atoms with E-state index in [2.05, 4.69) is 17.2 Å². The highest BCUT2D eigenvalue weighted by atomic mass is 16.7. The van der Waals surface area contributed by atoms with Crippen LogP contribution >= 0.6 is 0 Å². The minimum absolute atomic E-state index is 0.304. The zero-order valence-corrected chi connectivity index (χ0v) is 12.4. The third-order valence-corrected chi connectivity index (χ3v) is 3.70. The third-order valence-electron chi connectivity index (χ3n) is 3.70. The van der Waals surface area contributed by atoms with E-state index >= 15 is 0 Å². The lowest BCUT2D eigenvalue weighted by molar-refractivity contribution is 0.00578. The number of hydrogen-bond acceptors (Lipinski definition) is 4. The Hall–Kier alpha value is -1.14. The standard InChI is InChI=1S/C13H22BN3O2/c1-6-9-17-10-11(15-16-17)7-8-14-18-12(2,3)13(4,5)19-14/h7-8,10H,6,9H2,1-5H3/b8-7+. The lowest BCUT2D eigenvalue weighted by Gasteiger charge is -2.32. The summed E-state index contributed by atoms with van der Waals surface area (Å²) in [4.78, 5) is 0. The molecular formula is C13H22BN3O2. The summed E-state index contributed by atoms with van der Waals surface area (Å²) in [5, 5.41) is 8.13. The maximum atomic E-state index is 5.88. The van der Waals surface area contributed by atoms with E-state index in [9.17, 15) is 0 Å². The molecule has 0 amide bonds. The molecule has 0 unspecified atom stereocenters. The molecule has 1 saturated heterocycles. The minimum Gasteiger partial charge on any atom is -0.400 e. The van der Waals surface area contributed by atoms with Gasteiger partial charge in [0.25, 0.3) is 0 Å². The van der Waals surface area contributed by atoms with Gasteiger partial charge in [0, 0.05) is 6.54 Å². The van der Waals surface area contributed by atoms with Gasteiger partial charge in [0.15, 0.2) is 0 Å². The van der Waals surface area contributed by atoms with E-state index in [4.69, 9.17) is 9.31 Å². The molecule has 6 heteroatoms. The van der Waals surface area contributed by atoms with Gasteiger partial charge in [0.1, 0.15) is 5.69 Å². The molecule has 1 fully saturated rings. The van der Waals surface area contributed by atoms with E-state index in [1.165, 1.54) is 0 Å². The van der Waals surface area contributed by atoms with Crippen molar-refractivity contribution in [2.75, 3.05) is 0 Å². The van der Waals surface area contributed by atoms with E-state index in [0.717, 1.165) is 18.7 Å². The predicted molar refractivity (Wildman–Crippen MR) is 75.4 cm³/mol. The molecule has 0 aliphatic carbocycles. The van der Waals surface area contributed by atoms with Crippen LogP contribution < -0.4 is 0 Å². The van der Waals surface area contributed by atoms with E-state index < -0.39 is 0 Å². The number of nitrogens with zero attached hydrogens (tertiary/aromatic N) is 3. The summed E-state index contributed by atoms with van der Waals surface area (Å²) in [5.74, 6) is 1.89. The molecule has 1 aromatic rings. The summed E-state index contributed by atoms with van der Waals surface area (Å²) in [6.45, 7) is 11.2. The van der Waals surface area contributed by atoms with Crippen molar-refractivity contribution in [3.05, 3.63) is 17.9 Å². The average molecular weight is 263 g/mol. The third kappa shape index (κ3) is 3.07. The lowest BCUT2D eigenvalue weighted by atomic mass is 9.90. The fourth-order valence-corrected chi connectivity index (χ4v) is 1.87. The predicted octanol–water partition coefficient (Wildman–Crippen LogP) is 2.33. The van der Waals surface area contributed by atoms with Crippen LogP contribution in [0.2, 0.25) is 0 Å². The SMILES string of the molecule is CCCn1cc(/C=C/B2OC(C)(C)C(C)(C)O2)nn1. The van der Waals surface area contributed by atoms with Gasteiger partial charge in [-0.05, 0) is 40.2 Å². The quantitative estimate of drug-likeness (QED) is 0.782. The van der Waals surface area contributed by atoms with Gasteiger partial charge in [-0.2, -0.15) is 0 Å². The van der Waals surface area contributed by atoms with Crippen LogP contribution in [0, 0.1) is 0 Å². The summed E-state index contributed by atoms with van der Waals surface area (Å²) >= 11 is 0. The molecule has 0 bridgehead atoms. The Balaban J connectivity index is 2.00. The van der Waals surface area contributed by atoms with Gasteiger partial charge in [0.05, 0.1) is 17.4 Å². The largest absolute Gasteiger partial charge is 0.487 e. The van der Waals surface area contributed by atoms with Crippen LogP contribution in [0.1, 0.15) is 46.7 Å². The Bertz CT molecular complexity index is 452. The van der Waals surface area contributed by atoms with E-state index in [1.807, 2.05) is 50.6 Å². The molecule has 2 rings (SSSR count). The van der Waals surface area contributed by atoms with Crippen molar-refractivity contribution < 1.29 is 9.31 Å². The molecular weight excluding hydrogens is 241 g/mol. The Morgan fingerprint density at radius 1 is 1.26 bits per heavy atom. The van der Waals surface area contributed by atoms with Gasteiger partial charge in [-0.3, -0.25) is 4.68 Å². The number of rotatable bonds is 4. The number of aryl methyl sites for hydroxylation is 1. The number of aromatic nitrogens is 3. The summed E-state index contributed by atoms with van der Waals surface area (Å²) < 4.78 is 13.6. The van der Waals surface area contributed by atoms with Gasteiger partial charge in [-0.15, -0.1) is 5.10 Å². The smallest absolute Gasteiger partial charge is 0.400 e. The van der Waals surface area contributed by atoms with Crippen LogP contribution in [-0.4, -0.2) is 33.3 Å². The van der Waals surface area contributed by atoms with Crippen LogP contribution in [0.25, 0.3) is 6.08 Å². The average Bonchev–Trinajstić information content (AvgIpc) is 2.80. The van der Waals surface area contributed by atoms with Gasteiger partial charge < -0.3 is 9.31 Å². The zero-order valence-electron chi connectivity index (χ0n) is 12.4. The summed E-state index contributed by atoms with van der Waals surface area (Å²) in [7, 11) is -0.332. The van der Waals surface area contributed by atoms with Crippen molar-refractivity contribution in [1.82, 2.24) is 15.0 Å². The molecule has 5 nitrogen and oxygen atoms in total. The van der Waals surface area contributed by atoms with Gasteiger partial charge in [-0.1, -0.05) is 18.1 Å². The Labute approximate surface area is 115 Å². The van der Waals surface area contributed by atoms with E-state index in [-0.39, 0.29) is 18.3 Å². The topological polar surface area (TPSA) is 49.2 Å². The van der Waals surface area contributed by atoms with Crippen molar-refractivity contribution in [2.24, 2.45) is 0 Å². The van der Waals surface area contributed by atoms with Gasteiger partial charge in [-0.25, -0.2) is 0 Å². The Morgan fingerprint density at radius 3 is 2.47 bits per heavy atom. The van der Waals surface area contributed by atoms with Crippen LogP contribution in [0.3, 0.4) is 0 Å². The monoisotopic (exact) mass is 263 g/mol. The molecule has 2 heterocycles.